The molecule has 4 N–H and O–H groups in total. The first-order valence-corrected chi connectivity index (χ1v) is 7.07. The first kappa shape index (κ1) is 14.2. The number of hydrogen-bond acceptors (Lipinski definition) is 5. The van der Waals surface area contributed by atoms with Crippen LogP contribution < -0.4 is 4.72 Å². The maximum atomic E-state index is 12.2. The molecule has 0 spiro atoms. The number of carboxylic acid groups (broad SMARTS) is 1. The minimum atomic E-state index is -3.84. The molecule has 0 aliphatic heterocycles. The lowest BCUT2D eigenvalue weighted by atomic mass is 10.2. The van der Waals surface area contributed by atoms with Gasteiger partial charge in [0.15, 0.2) is 0 Å². The number of nitrogens with one attached hydrogen (secondary N) is 3. The lowest BCUT2D eigenvalue weighted by Gasteiger charge is -2.06. The average molecular weight is 299 g/mol. The molecule has 20 heavy (non-hydrogen) atoms. The van der Waals surface area contributed by atoms with Crippen LogP contribution in [-0.2, 0) is 16.6 Å². The number of H-pyrrole nitrogens is 2. The molecular formula is C10H13N5O4S. The minimum Gasteiger partial charge on any atom is -0.477 e. The first-order valence-electron chi connectivity index (χ1n) is 5.59. The van der Waals surface area contributed by atoms with Crippen LogP contribution in [0.4, 0.5) is 0 Å². The van der Waals surface area contributed by atoms with Crippen molar-refractivity contribution >= 4 is 16.0 Å². The molecule has 2 rings (SSSR count). The van der Waals surface area contributed by atoms with E-state index in [2.05, 4.69) is 24.9 Å². The van der Waals surface area contributed by atoms with Crippen molar-refractivity contribution in [3.63, 3.8) is 0 Å². The van der Waals surface area contributed by atoms with E-state index in [1.807, 2.05) is 0 Å². The topological polar surface area (TPSA) is 141 Å². The third kappa shape index (κ3) is 2.56. The third-order valence-corrected chi connectivity index (χ3v) is 4.42. The summed E-state index contributed by atoms with van der Waals surface area (Å²) in [5.41, 5.74) is 0.299. The van der Waals surface area contributed by atoms with Gasteiger partial charge in [0.25, 0.3) is 0 Å². The molecule has 9 nitrogen and oxygen atoms in total. The fourth-order valence-electron chi connectivity index (χ4n) is 1.90. The van der Waals surface area contributed by atoms with Gasteiger partial charge >= 0.3 is 5.97 Å². The van der Waals surface area contributed by atoms with Gasteiger partial charge in [-0.3, -0.25) is 5.10 Å². The Balaban J connectivity index is 2.32. The van der Waals surface area contributed by atoms with Gasteiger partial charge in [0.05, 0.1) is 6.54 Å². The van der Waals surface area contributed by atoms with Crippen molar-refractivity contribution in [3.05, 3.63) is 29.1 Å². The molecule has 108 valence electrons. The van der Waals surface area contributed by atoms with Crippen molar-refractivity contribution < 1.29 is 18.3 Å². The predicted octanol–water partition coefficient (Wildman–Crippen LogP) is -0.0737. The molecule has 10 heteroatoms. The molecule has 2 aromatic rings. The van der Waals surface area contributed by atoms with Gasteiger partial charge in [-0.2, -0.15) is 5.10 Å². The van der Waals surface area contributed by atoms with E-state index >= 15 is 0 Å². The first-order chi connectivity index (χ1) is 9.33. The Bertz CT molecular complexity index is 732. The number of aromatic nitrogens is 4. The molecule has 0 atom stereocenters. The number of aromatic amines is 2. The van der Waals surface area contributed by atoms with Crippen LogP contribution in [0, 0.1) is 13.8 Å². The Labute approximate surface area is 114 Å². The number of aryl methyl sites for hydroxylation is 1. The van der Waals surface area contributed by atoms with Gasteiger partial charge < -0.3 is 10.1 Å². The lowest BCUT2D eigenvalue weighted by Crippen LogP contribution is -2.24. The Morgan fingerprint density at radius 3 is 2.65 bits per heavy atom. The monoisotopic (exact) mass is 299 g/mol. The molecular weight excluding hydrogens is 286 g/mol. The summed E-state index contributed by atoms with van der Waals surface area (Å²) >= 11 is 0. The molecule has 0 saturated heterocycles. The van der Waals surface area contributed by atoms with E-state index in [1.54, 1.807) is 0 Å². The summed E-state index contributed by atoms with van der Waals surface area (Å²) < 4.78 is 26.8. The molecule has 2 heterocycles. The van der Waals surface area contributed by atoms with Gasteiger partial charge in [-0.1, -0.05) is 0 Å². The zero-order valence-corrected chi connectivity index (χ0v) is 11.6. The Morgan fingerprint density at radius 1 is 1.45 bits per heavy atom. The van der Waals surface area contributed by atoms with E-state index in [-0.39, 0.29) is 28.4 Å². The van der Waals surface area contributed by atoms with E-state index in [0.29, 0.717) is 5.82 Å². The number of carboxylic acids is 1. The molecule has 0 radical (unpaired) electrons. The summed E-state index contributed by atoms with van der Waals surface area (Å²) in [5, 5.41) is 15.1. The highest BCUT2D eigenvalue weighted by Crippen LogP contribution is 2.23. The van der Waals surface area contributed by atoms with Gasteiger partial charge in [-0.25, -0.2) is 22.9 Å². The van der Waals surface area contributed by atoms with E-state index in [4.69, 9.17) is 5.11 Å². The Hall–Kier alpha value is -2.20. The summed E-state index contributed by atoms with van der Waals surface area (Å²) in [5.74, 6) is -0.847. The van der Waals surface area contributed by atoms with Crippen LogP contribution >= 0.6 is 0 Å². The maximum absolute atomic E-state index is 12.2. The van der Waals surface area contributed by atoms with Gasteiger partial charge in [0.2, 0.25) is 10.0 Å². The normalized spacial score (nSPS) is 11.7. The van der Waals surface area contributed by atoms with Gasteiger partial charge in [0, 0.05) is 11.3 Å². The van der Waals surface area contributed by atoms with E-state index in [0.717, 1.165) is 0 Å². The van der Waals surface area contributed by atoms with E-state index in [1.165, 1.54) is 20.2 Å². The van der Waals surface area contributed by atoms with Crippen molar-refractivity contribution in [2.24, 2.45) is 0 Å². The largest absolute Gasteiger partial charge is 0.477 e. The minimum absolute atomic E-state index is 0.0607. The molecule has 0 bridgehead atoms. The highest BCUT2D eigenvalue weighted by molar-refractivity contribution is 7.89. The fourth-order valence-corrected chi connectivity index (χ4v) is 3.33. The number of aromatic carboxylic acids is 1. The van der Waals surface area contributed by atoms with Crippen LogP contribution in [0.25, 0.3) is 0 Å². The Morgan fingerprint density at radius 2 is 2.15 bits per heavy atom. The van der Waals surface area contributed by atoms with E-state index in [9.17, 15) is 13.2 Å². The standard InChI is InChI=1S/C10H13N5O4S/c1-5-8(10(16)17)14-6(2)9(5)20(18,19)13-3-7-11-4-12-15-7/h4,13-14H,3H2,1-2H3,(H,16,17)(H,11,12,15). The van der Waals surface area contributed by atoms with Crippen LogP contribution in [-0.4, -0.2) is 39.7 Å². The quantitative estimate of drug-likeness (QED) is 0.609. The second kappa shape index (κ2) is 5.06. The second-order valence-corrected chi connectivity index (χ2v) is 5.84. The van der Waals surface area contributed by atoms with Crippen molar-refractivity contribution in [1.82, 2.24) is 24.9 Å². The zero-order chi connectivity index (χ0) is 14.9. The van der Waals surface area contributed by atoms with Crippen LogP contribution in [0.2, 0.25) is 0 Å². The highest BCUT2D eigenvalue weighted by atomic mass is 32.2. The highest BCUT2D eigenvalue weighted by Gasteiger charge is 2.26. The predicted molar refractivity (Wildman–Crippen MR) is 67.6 cm³/mol. The number of nitrogens with zero attached hydrogens (tertiary/aromatic N) is 2. The van der Waals surface area contributed by atoms with Crippen LogP contribution in [0.15, 0.2) is 11.2 Å². The fraction of sp³-hybridized carbons (Fsp3) is 0.300. The third-order valence-electron chi connectivity index (χ3n) is 2.75. The van der Waals surface area contributed by atoms with Gasteiger partial charge in [0.1, 0.15) is 22.7 Å². The van der Waals surface area contributed by atoms with Crippen molar-refractivity contribution in [2.75, 3.05) is 0 Å². The molecule has 0 amide bonds. The number of carbonyl (C=O) groups is 1. The van der Waals surface area contributed by atoms with Crippen LogP contribution in [0.1, 0.15) is 27.6 Å². The van der Waals surface area contributed by atoms with Crippen molar-refractivity contribution in [1.29, 1.82) is 0 Å². The van der Waals surface area contributed by atoms with Gasteiger partial charge in [-0.05, 0) is 13.8 Å². The number of rotatable bonds is 5. The average Bonchev–Trinajstić information content (AvgIpc) is 2.95. The van der Waals surface area contributed by atoms with Gasteiger partial charge in [-0.15, -0.1) is 0 Å². The Kier molecular flexibility index (Phi) is 3.59. The molecule has 0 saturated carbocycles. The summed E-state index contributed by atoms with van der Waals surface area (Å²) in [6.07, 6.45) is 1.26. The lowest BCUT2D eigenvalue weighted by molar-refractivity contribution is 0.0690. The zero-order valence-electron chi connectivity index (χ0n) is 10.8. The smallest absolute Gasteiger partial charge is 0.352 e. The summed E-state index contributed by atoms with van der Waals surface area (Å²) in [6.45, 7) is 2.88. The van der Waals surface area contributed by atoms with Crippen LogP contribution in [0.3, 0.4) is 0 Å². The molecule has 0 aromatic carbocycles. The summed E-state index contributed by atoms with van der Waals surface area (Å²) in [7, 11) is -3.84. The maximum Gasteiger partial charge on any atom is 0.352 e. The molecule has 2 aromatic heterocycles. The second-order valence-electron chi connectivity index (χ2n) is 4.14. The molecule has 0 fully saturated rings. The summed E-state index contributed by atoms with van der Waals surface area (Å²) in [6, 6.07) is 0. The summed E-state index contributed by atoms with van der Waals surface area (Å²) in [4.78, 5) is 17.3. The van der Waals surface area contributed by atoms with Crippen molar-refractivity contribution in [2.45, 2.75) is 25.3 Å². The SMILES string of the molecule is Cc1[nH]c(C(=O)O)c(C)c1S(=O)(=O)NCc1ncn[nH]1. The number of hydrogen-bond donors (Lipinski definition) is 4. The van der Waals surface area contributed by atoms with Crippen molar-refractivity contribution in [3.8, 4) is 0 Å². The van der Waals surface area contributed by atoms with E-state index < -0.39 is 16.0 Å². The molecule has 0 unspecified atom stereocenters. The molecule has 0 aliphatic rings. The van der Waals surface area contributed by atoms with Crippen LogP contribution in [0.5, 0.6) is 0 Å². The molecule has 0 aliphatic carbocycles. The number of sulfonamides is 1.